The van der Waals surface area contributed by atoms with E-state index in [9.17, 15) is 0 Å². The summed E-state index contributed by atoms with van der Waals surface area (Å²) in [7, 11) is 0. The molecule has 0 saturated carbocycles. The first-order chi connectivity index (χ1) is 11.2. The lowest BCUT2D eigenvalue weighted by molar-refractivity contribution is 0.306. The molecule has 2 aromatic carbocycles. The van der Waals surface area contributed by atoms with Crippen molar-refractivity contribution in [2.24, 2.45) is 5.10 Å². The molecule has 4 nitrogen and oxygen atoms in total. The van der Waals surface area contributed by atoms with E-state index < -0.39 is 0 Å². The third-order valence-corrected chi connectivity index (χ3v) is 3.38. The Kier molecular flexibility index (Phi) is 6.56. The van der Waals surface area contributed by atoms with Gasteiger partial charge in [0.2, 0.25) is 0 Å². The number of hydrazone groups is 1. The van der Waals surface area contributed by atoms with Crippen molar-refractivity contribution < 1.29 is 4.74 Å². The van der Waals surface area contributed by atoms with Crippen molar-refractivity contribution in [1.29, 1.82) is 0 Å². The number of hydrogen-bond acceptors (Lipinski definition) is 3. The van der Waals surface area contributed by atoms with E-state index in [0.717, 1.165) is 23.4 Å². The van der Waals surface area contributed by atoms with Crippen LogP contribution < -0.4 is 15.5 Å². The smallest absolute Gasteiger partial charge is 0.186 e. The highest BCUT2D eigenvalue weighted by molar-refractivity contribution is 7.80. The van der Waals surface area contributed by atoms with Gasteiger partial charge in [-0.25, -0.2) is 0 Å². The van der Waals surface area contributed by atoms with Gasteiger partial charge in [0, 0.05) is 12.1 Å². The van der Waals surface area contributed by atoms with Gasteiger partial charge in [0.1, 0.15) is 12.4 Å². The fourth-order valence-electron chi connectivity index (χ4n) is 1.92. The molecular weight excluding hydrogens is 306 g/mol. The summed E-state index contributed by atoms with van der Waals surface area (Å²) in [6, 6.07) is 16.1. The zero-order valence-corrected chi connectivity index (χ0v) is 14.2. The van der Waals surface area contributed by atoms with Gasteiger partial charge in [-0.1, -0.05) is 42.0 Å². The van der Waals surface area contributed by atoms with Crippen LogP contribution in [0.15, 0.2) is 53.6 Å². The summed E-state index contributed by atoms with van der Waals surface area (Å²) in [4.78, 5) is 0. The van der Waals surface area contributed by atoms with Gasteiger partial charge >= 0.3 is 0 Å². The van der Waals surface area contributed by atoms with Crippen LogP contribution >= 0.6 is 12.2 Å². The van der Waals surface area contributed by atoms with Crippen molar-refractivity contribution in [3.63, 3.8) is 0 Å². The Morgan fingerprint density at radius 1 is 1.17 bits per heavy atom. The van der Waals surface area contributed by atoms with E-state index in [2.05, 4.69) is 47.0 Å². The lowest BCUT2D eigenvalue weighted by Crippen LogP contribution is -2.31. The van der Waals surface area contributed by atoms with Crippen LogP contribution in [0.4, 0.5) is 0 Å². The molecule has 0 aliphatic rings. The van der Waals surface area contributed by atoms with Crippen molar-refractivity contribution >= 4 is 23.5 Å². The SMILES string of the molecule is CCNC(=S)N/N=C/c1ccccc1OCc1ccc(C)cc1. The maximum absolute atomic E-state index is 5.90. The van der Waals surface area contributed by atoms with E-state index >= 15 is 0 Å². The van der Waals surface area contributed by atoms with Crippen molar-refractivity contribution in [1.82, 2.24) is 10.7 Å². The molecule has 0 unspecified atom stereocenters. The predicted molar refractivity (Wildman–Crippen MR) is 99.0 cm³/mol. The number of hydrogen-bond donors (Lipinski definition) is 2. The molecule has 120 valence electrons. The molecule has 2 rings (SSSR count). The molecule has 2 aromatic rings. The zero-order valence-electron chi connectivity index (χ0n) is 13.4. The highest BCUT2D eigenvalue weighted by atomic mass is 32.1. The number of para-hydroxylation sites is 1. The lowest BCUT2D eigenvalue weighted by Gasteiger charge is -2.09. The van der Waals surface area contributed by atoms with Crippen molar-refractivity contribution in [3.8, 4) is 5.75 Å². The van der Waals surface area contributed by atoms with Crippen LogP contribution in [0.3, 0.4) is 0 Å². The summed E-state index contributed by atoms with van der Waals surface area (Å²) >= 11 is 5.06. The van der Waals surface area contributed by atoms with Crippen LogP contribution in [0.2, 0.25) is 0 Å². The van der Waals surface area contributed by atoms with Crippen LogP contribution in [0.25, 0.3) is 0 Å². The van der Waals surface area contributed by atoms with Gasteiger partial charge in [-0.2, -0.15) is 5.10 Å². The number of ether oxygens (including phenoxy) is 1. The number of nitrogens with zero attached hydrogens (tertiary/aromatic N) is 1. The Morgan fingerprint density at radius 2 is 1.91 bits per heavy atom. The molecule has 0 aliphatic carbocycles. The molecule has 0 aromatic heterocycles. The second-order valence-corrected chi connectivity index (χ2v) is 5.45. The van der Waals surface area contributed by atoms with Crippen molar-refractivity contribution in [2.45, 2.75) is 20.5 Å². The number of aryl methyl sites for hydroxylation is 1. The van der Waals surface area contributed by atoms with Gasteiger partial charge in [-0.3, -0.25) is 5.43 Å². The van der Waals surface area contributed by atoms with Crippen LogP contribution in [0.1, 0.15) is 23.6 Å². The minimum Gasteiger partial charge on any atom is -0.488 e. The molecule has 0 aliphatic heterocycles. The maximum Gasteiger partial charge on any atom is 0.186 e. The van der Waals surface area contributed by atoms with Gasteiger partial charge in [-0.05, 0) is 43.8 Å². The summed E-state index contributed by atoms with van der Waals surface area (Å²) in [5.41, 5.74) is 6.04. The third-order valence-electron chi connectivity index (χ3n) is 3.14. The van der Waals surface area contributed by atoms with Gasteiger partial charge in [-0.15, -0.1) is 0 Å². The van der Waals surface area contributed by atoms with E-state index in [1.54, 1.807) is 6.21 Å². The van der Waals surface area contributed by atoms with Crippen LogP contribution in [-0.2, 0) is 6.61 Å². The number of nitrogens with one attached hydrogen (secondary N) is 2. The summed E-state index contributed by atoms with van der Waals surface area (Å²) in [5.74, 6) is 0.785. The highest BCUT2D eigenvalue weighted by Crippen LogP contribution is 2.17. The maximum atomic E-state index is 5.90. The molecule has 0 amide bonds. The molecule has 2 N–H and O–H groups in total. The van der Waals surface area contributed by atoms with Gasteiger partial charge in [0.15, 0.2) is 5.11 Å². The van der Waals surface area contributed by atoms with Crippen LogP contribution in [0, 0.1) is 6.92 Å². The van der Waals surface area contributed by atoms with Crippen LogP contribution in [-0.4, -0.2) is 17.9 Å². The van der Waals surface area contributed by atoms with Gasteiger partial charge in [0.25, 0.3) is 0 Å². The molecule has 0 radical (unpaired) electrons. The van der Waals surface area contributed by atoms with Crippen LogP contribution in [0.5, 0.6) is 5.75 Å². The van der Waals surface area contributed by atoms with E-state index in [0.29, 0.717) is 11.7 Å². The summed E-state index contributed by atoms with van der Waals surface area (Å²) in [5, 5.41) is 7.60. The molecule has 0 fully saturated rings. The number of thiocarbonyl (C=S) groups is 1. The normalized spacial score (nSPS) is 10.5. The Hall–Kier alpha value is -2.40. The Balaban J connectivity index is 1.98. The van der Waals surface area contributed by atoms with E-state index in [1.165, 1.54) is 5.56 Å². The van der Waals surface area contributed by atoms with E-state index in [4.69, 9.17) is 17.0 Å². The third kappa shape index (κ3) is 5.71. The summed E-state index contributed by atoms with van der Waals surface area (Å²) < 4.78 is 5.90. The van der Waals surface area contributed by atoms with Gasteiger partial charge < -0.3 is 10.1 Å². The standard InChI is InChI=1S/C18H21N3OS/c1-3-19-18(23)21-20-12-16-6-4-5-7-17(16)22-13-15-10-8-14(2)9-11-15/h4-12H,3,13H2,1-2H3,(H2,19,21,23)/b20-12+. The predicted octanol–water partition coefficient (Wildman–Crippen LogP) is 3.39. The Bertz CT molecular complexity index is 668. The average molecular weight is 327 g/mol. The topological polar surface area (TPSA) is 45.7 Å². The molecule has 0 spiro atoms. The number of rotatable bonds is 6. The first kappa shape index (κ1) is 17.0. The molecule has 5 heteroatoms. The number of benzene rings is 2. The summed E-state index contributed by atoms with van der Waals surface area (Å²) in [6.45, 7) is 5.33. The average Bonchev–Trinajstić information content (AvgIpc) is 2.56. The lowest BCUT2D eigenvalue weighted by atomic mass is 10.1. The minimum absolute atomic E-state index is 0.502. The molecule has 0 heterocycles. The van der Waals surface area contributed by atoms with Crippen molar-refractivity contribution in [3.05, 3.63) is 65.2 Å². The fourth-order valence-corrected chi connectivity index (χ4v) is 2.12. The molecule has 0 atom stereocenters. The largest absolute Gasteiger partial charge is 0.488 e. The zero-order chi connectivity index (χ0) is 16.5. The first-order valence-electron chi connectivity index (χ1n) is 7.53. The second-order valence-electron chi connectivity index (χ2n) is 5.04. The Labute approximate surface area is 142 Å². The fraction of sp³-hybridized carbons (Fsp3) is 0.222. The monoisotopic (exact) mass is 327 g/mol. The summed E-state index contributed by atoms with van der Waals surface area (Å²) in [6.07, 6.45) is 1.70. The Morgan fingerprint density at radius 3 is 2.65 bits per heavy atom. The second kappa shape index (κ2) is 8.90. The van der Waals surface area contributed by atoms with Gasteiger partial charge in [0.05, 0.1) is 6.21 Å². The first-order valence-corrected chi connectivity index (χ1v) is 7.94. The molecular formula is C18H21N3OS. The van der Waals surface area contributed by atoms with E-state index in [-0.39, 0.29) is 0 Å². The van der Waals surface area contributed by atoms with E-state index in [1.807, 2.05) is 31.2 Å². The van der Waals surface area contributed by atoms with Crippen molar-refractivity contribution in [2.75, 3.05) is 6.54 Å². The molecule has 0 saturated heterocycles. The molecule has 0 bridgehead atoms. The highest BCUT2D eigenvalue weighted by Gasteiger charge is 2.01. The minimum atomic E-state index is 0.502. The molecule has 23 heavy (non-hydrogen) atoms. The quantitative estimate of drug-likeness (QED) is 0.485.